The minimum Gasteiger partial charge on any atom is -0.307 e. The lowest BCUT2D eigenvalue weighted by atomic mass is 9.96. The summed E-state index contributed by atoms with van der Waals surface area (Å²) < 4.78 is 5.08. The van der Waals surface area contributed by atoms with Crippen LogP contribution in [0.25, 0.3) is 77.2 Å². The van der Waals surface area contributed by atoms with E-state index in [9.17, 15) is 0 Å². The summed E-state index contributed by atoms with van der Waals surface area (Å²) in [6.45, 7) is 0. The van der Waals surface area contributed by atoms with Crippen molar-refractivity contribution in [3.05, 3.63) is 303 Å². The third-order valence-electron chi connectivity index (χ3n) is 16.5. The minimum absolute atomic E-state index is 1.14. The topological polar surface area (TPSA) is 9.86 Å². The highest BCUT2D eigenvalue weighted by Gasteiger charge is 2.48. The maximum atomic E-state index is 2.54. The summed E-state index contributed by atoms with van der Waals surface area (Å²) >= 11 is 0. The normalized spacial score (nSPS) is 12.8. The lowest BCUT2D eigenvalue weighted by Gasteiger charge is -2.34. The van der Waals surface area contributed by atoms with Gasteiger partial charge in [-0.05, 0) is 106 Å². The van der Waals surface area contributed by atoms with E-state index >= 15 is 0 Å². The summed E-state index contributed by atoms with van der Waals surface area (Å²) in [6, 6.07) is 114. The molecule has 12 aromatic carbocycles. The number of nitrogens with zero attached hydrogens (tertiary/aromatic N) is 2. The standard InChI is InChI=1S/C72H50N2Si2/c1-6-26-53(27-7-1)75(54-28-8-2-9-29-54,55-30-10-3-11-31-55)58-36-22-25-52(50-58)73-65-42-19-16-37-60(65)62-41-24-45-68(72(62)73)74-66-43-20-17-39-63(66)71-59(40-23-44-67(71)74)51-47-48-70-64(49-51)61-38-18-21-46-69(61)76(70,56-32-12-4-13-33-56)57-34-14-5-15-35-57/h1-50H. The molecule has 4 heteroatoms. The lowest BCUT2D eigenvalue weighted by molar-refractivity contribution is 1.13. The van der Waals surface area contributed by atoms with Gasteiger partial charge in [-0.25, -0.2) is 0 Å². The first-order valence-corrected chi connectivity index (χ1v) is 30.4. The Labute approximate surface area is 444 Å². The van der Waals surface area contributed by atoms with E-state index in [1.54, 1.807) is 0 Å². The van der Waals surface area contributed by atoms with Crippen LogP contribution in [-0.4, -0.2) is 25.3 Å². The molecule has 0 bridgehead atoms. The highest BCUT2D eigenvalue weighted by molar-refractivity contribution is 7.22. The van der Waals surface area contributed by atoms with Gasteiger partial charge in [0.25, 0.3) is 0 Å². The van der Waals surface area contributed by atoms with Gasteiger partial charge in [-0.15, -0.1) is 0 Å². The van der Waals surface area contributed by atoms with Crippen LogP contribution in [0, 0.1) is 0 Å². The number of fused-ring (bicyclic) bond motifs is 9. The number of para-hydroxylation sites is 3. The summed E-state index contributed by atoms with van der Waals surface area (Å²) in [5, 5.41) is 16.1. The van der Waals surface area contributed by atoms with Crippen LogP contribution in [0.1, 0.15) is 0 Å². The predicted octanol–water partition coefficient (Wildman–Crippen LogP) is 12.3. The molecule has 1 aliphatic rings. The zero-order valence-corrected chi connectivity index (χ0v) is 43.8. The number of hydrogen-bond donors (Lipinski definition) is 0. The van der Waals surface area contributed by atoms with Crippen LogP contribution in [0.4, 0.5) is 0 Å². The van der Waals surface area contributed by atoms with E-state index in [0.717, 1.165) is 11.4 Å². The van der Waals surface area contributed by atoms with Crippen LogP contribution in [-0.2, 0) is 0 Å². The van der Waals surface area contributed by atoms with Gasteiger partial charge in [-0.1, -0.05) is 261 Å². The van der Waals surface area contributed by atoms with Gasteiger partial charge >= 0.3 is 0 Å². The fourth-order valence-electron chi connectivity index (χ4n) is 13.5. The van der Waals surface area contributed by atoms with E-state index in [-0.39, 0.29) is 0 Å². The van der Waals surface area contributed by atoms with E-state index < -0.39 is 16.1 Å². The Bertz CT molecular complexity index is 4370. The van der Waals surface area contributed by atoms with Gasteiger partial charge in [0.15, 0.2) is 16.1 Å². The van der Waals surface area contributed by atoms with Crippen molar-refractivity contribution in [1.82, 2.24) is 9.13 Å². The molecule has 0 aliphatic carbocycles. The van der Waals surface area contributed by atoms with Gasteiger partial charge in [0.1, 0.15) is 0 Å². The molecule has 356 valence electrons. The Morgan fingerprint density at radius 2 is 0.763 bits per heavy atom. The molecule has 76 heavy (non-hydrogen) atoms. The van der Waals surface area contributed by atoms with Crippen molar-refractivity contribution in [2.75, 3.05) is 0 Å². The summed E-state index contributed by atoms with van der Waals surface area (Å²) in [5.41, 5.74) is 12.1. The number of benzene rings is 12. The van der Waals surface area contributed by atoms with Gasteiger partial charge < -0.3 is 9.13 Å². The molecule has 0 radical (unpaired) electrons. The van der Waals surface area contributed by atoms with E-state index in [2.05, 4.69) is 312 Å². The van der Waals surface area contributed by atoms with E-state index in [4.69, 9.17) is 0 Å². The Hall–Kier alpha value is -9.33. The van der Waals surface area contributed by atoms with Crippen molar-refractivity contribution in [3.8, 4) is 33.6 Å². The highest BCUT2D eigenvalue weighted by Crippen LogP contribution is 2.43. The van der Waals surface area contributed by atoms with Gasteiger partial charge in [-0.3, -0.25) is 0 Å². The van der Waals surface area contributed by atoms with Gasteiger partial charge in [0.2, 0.25) is 0 Å². The molecule has 1 aliphatic heterocycles. The molecular formula is C72H50N2Si2. The highest BCUT2D eigenvalue weighted by atomic mass is 28.3. The maximum Gasteiger partial charge on any atom is 0.180 e. The average molecular weight is 999 g/mol. The number of hydrogen-bond acceptors (Lipinski definition) is 0. The third-order valence-corrected chi connectivity index (χ3v) is 26.2. The second-order valence-corrected chi connectivity index (χ2v) is 27.8. The number of rotatable bonds is 9. The second-order valence-electron chi connectivity index (χ2n) is 20.3. The largest absolute Gasteiger partial charge is 0.307 e. The predicted molar refractivity (Wildman–Crippen MR) is 327 cm³/mol. The Morgan fingerprint density at radius 3 is 1.42 bits per heavy atom. The fraction of sp³-hybridized carbons (Fsp3) is 0. The molecule has 0 saturated heterocycles. The minimum atomic E-state index is -2.84. The SMILES string of the molecule is c1ccc([Si](c2ccccc2)(c2ccccc2)c2cccc(-n3c4ccccc4c4cccc(-n5c6ccccc6c6c(-c7ccc8c(c7)-c7ccccc7[Si]8(c7ccccc7)c7ccccc7)cccc65)c43)c2)cc1. The van der Waals surface area contributed by atoms with Gasteiger partial charge in [0.05, 0.1) is 27.8 Å². The zero-order chi connectivity index (χ0) is 50.2. The first-order chi connectivity index (χ1) is 37.7. The molecule has 0 amide bonds. The van der Waals surface area contributed by atoms with Crippen LogP contribution in [0.5, 0.6) is 0 Å². The summed E-state index contributed by atoms with van der Waals surface area (Å²) in [7, 11) is -5.47. The third kappa shape index (κ3) is 6.38. The molecule has 0 spiro atoms. The quantitative estimate of drug-likeness (QED) is 0.101. The lowest BCUT2D eigenvalue weighted by Crippen LogP contribution is -2.74. The summed E-state index contributed by atoms with van der Waals surface area (Å²) in [4.78, 5) is 0. The van der Waals surface area contributed by atoms with Crippen LogP contribution in [0.3, 0.4) is 0 Å². The molecule has 2 aromatic heterocycles. The van der Waals surface area contributed by atoms with Crippen LogP contribution in [0.15, 0.2) is 303 Å². The van der Waals surface area contributed by atoms with Crippen LogP contribution >= 0.6 is 0 Å². The average Bonchev–Trinajstić information content (AvgIpc) is 4.18. The molecule has 15 rings (SSSR count). The molecule has 0 atom stereocenters. The van der Waals surface area contributed by atoms with Crippen molar-refractivity contribution >= 4 is 101 Å². The van der Waals surface area contributed by atoms with Crippen LogP contribution in [0.2, 0.25) is 0 Å². The van der Waals surface area contributed by atoms with Crippen molar-refractivity contribution in [2.45, 2.75) is 0 Å². The van der Waals surface area contributed by atoms with Gasteiger partial charge in [-0.2, -0.15) is 0 Å². The first-order valence-electron chi connectivity index (χ1n) is 26.4. The summed E-state index contributed by atoms with van der Waals surface area (Å²) in [6.07, 6.45) is 0. The molecule has 0 unspecified atom stereocenters. The molecule has 0 N–H and O–H groups in total. The number of aromatic nitrogens is 2. The molecule has 0 fully saturated rings. The van der Waals surface area contributed by atoms with Crippen molar-refractivity contribution in [2.24, 2.45) is 0 Å². The Balaban J connectivity index is 0.968. The van der Waals surface area contributed by atoms with E-state index in [0.29, 0.717) is 0 Å². The Morgan fingerprint density at radius 1 is 0.289 bits per heavy atom. The van der Waals surface area contributed by atoms with Gasteiger partial charge in [0, 0.05) is 27.2 Å². The van der Waals surface area contributed by atoms with Crippen molar-refractivity contribution < 1.29 is 0 Å². The monoisotopic (exact) mass is 998 g/mol. The van der Waals surface area contributed by atoms with Crippen molar-refractivity contribution in [3.63, 3.8) is 0 Å². The fourth-order valence-corrected chi connectivity index (χ4v) is 23.5. The Kier molecular flexibility index (Phi) is 10.3. The first kappa shape index (κ1) is 44.2. The van der Waals surface area contributed by atoms with E-state index in [1.165, 1.54) is 107 Å². The van der Waals surface area contributed by atoms with E-state index in [1.807, 2.05) is 0 Å². The van der Waals surface area contributed by atoms with Crippen LogP contribution < -0.4 is 41.5 Å². The zero-order valence-electron chi connectivity index (χ0n) is 41.8. The molecule has 0 saturated carbocycles. The smallest absolute Gasteiger partial charge is 0.180 e. The molecule has 14 aromatic rings. The molecular weight excluding hydrogens is 949 g/mol. The second kappa shape index (κ2) is 17.7. The van der Waals surface area contributed by atoms with Crippen molar-refractivity contribution in [1.29, 1.82) is 0 Å². The maximum absolute atomic E-state index is 2.84. The molecule has 3 heterocycles. The summed E-state index contributed by atoms with van der Waals surface area (Å²) in [5.74, 6) is 0. The molecule has 2 nitrogen and oxygen atoms in total.